The highest BCUT2D eigenvalue weighted by atomic mass is 16.6. The fraction of sp³-hybridized carbons (Fsp3) is 0.462. The van der Waals surface area contributed by atoms with Gasteiger partial charge in [0, 0.05) is 13.1 Å². The molecule has 0 saturated carbocycles. The van der Waals surface area contributed by atoms with Crippen LogP contribution in [0.25, 0.3) is 0 Å². The lowest BCUT2D eigenvalue weighted by atomic mass is 9.82. The third-order valence-electron chi connectivity index (χ3n) is 8.92. The lowest BCUT2D eigenvalue weighted by Crippen LogP contribution is -2.49. The highest BCUT2D eigenvalue weighted by Gasteiger charge is 2.30. The first-order valence-corrected chi connectivity index (χ1v) is 17.3. The number of hydrogen-bond donors (Lipinski definition) is 2. The number of carbonyl (C=O) groups is 3. The van der Waals surface area contributed by atoms with Crippen LogP contribution >= 0.6 is 0 Å². The molecule has 9 nitrogen and oxygen atoms in total. The first-order valence-electron chi connectivity index (χ1n) is 17.3. The van der Waals surface area contributed by atoms with Crippen molar-refractivity contribution >= 4 is 18.1 Å². The molecular weight excluding hydrogens is 604 g/mol. The Morgan fingerprint density at radius 3 is 1.92 bits per heavy atom. The largest absolute Gasteiger partial charge is 0.445 e. The molecule has 0 bridgehead atoms. The molecule has 0 heterocycles. The summed E-state index contributed by atoms with van der Waals surface area (Å²) in [5.74, 6) is -0.514. The van der Waals surface area contributed by atoms with Crippen LogP contribution in [0.3, 0.4) is 0 Å². The number of nitrogens with zero attached hydrogens (tertiary/aromatic N) is 2. The molecule has 1 aliphatic rings. The van der Waals surface area contributed by atoms with Crippen LogP contribution < -0.4 is 11.1 Å². The van der Waals surface area contributed by atoms with Crippen LogP contribution in [0.1, 0.15) is 71.9 Å². The number of nitrogens with two attached hydrogens (primary N) is 1. The molecule has 258 valence electrons. The number of ether oxygens (including phenoxy) is 2. The van der Waals surface area contributed by atoms with Crippen LogP contribution in [-0.2, 0) is 53.2 Å². The van der Waals surface area contributed by atoms with Crippen molar-refractivity contribution in [2.45, 2.75) is 83.5 Å². The van der Waals surface area contributed by atoms with Gasteiger partial charge in [0.15, 0.2) is 0 Å². The van der Waals surface area contributed by atoms with E-state index in [9.17, 15) is 14.4 Å². The van der Waals surface area contributed by atoms with E-state index in [4.69, 9.17) is 15.2 Å². The minimum absolute atomic E-state index is 0.138. The molecule has 3 N–H and O–H groups in total. The van der Waals surface area contributed by atoms with Gasteiger partial charge in [-0.05, 0) is 118 Å². The molecule has 0 aliphatic heterocycles. The van der Waals surface area contributed by atoms with Crippen LogP contribution in [-0.4, -0.2) is 67.7 Å². The summed E-state index contributed by atoms with van der Waals surface area (Å²) in [4.78, 5) is 41.8. The number of benzene rings is 3. The van der Waals surface area contributed by atoms with Crippen molar-refractivity contribution < 1.29 is 23.9 Å². The van der Waals surface area contributed by atoms with Crippen LogP contribution in [0.2, 0.25) is 0 Å². The van der Waals surface area contributed by atoms with Gasteiger partial charge in [0.2, 0.25) is 5.91 Å². The van der Waals surface area contributed by atoms with E-state index in [0.717, 1.165) is 62.6 Å². The maximum Gasteiger partial charge on any atom is 0.410 e. The van der Waals surface area contributed by atoms with Gasteiger partial charge in [-0.15, -0.1) is 0 Å². The maximum absolute atomic E-state index is 13.4. The van der Waals surface area contributed by atoms with E-state index in [1.54, 1.807) is 0 Å². The normalized spacial score (nSPS) is 13.0. The fourth-order valence-corrected chi connectivity index (χ4v) is 6.37. The number of nitrogens with one attached hydrogen (secondary N) is 1. The van der Waals surface area contributed by atoms with Crippen LogP contribution in [0.4, 0.5) is 9.59 Å². The predicted octanol–water partition coefficient (Wildman–Crippen LogP) is 6.19. The van der Waals surface area contributed by atoms with Crippen molar-refractivity contribution in [3.05, 3.63) is 106 Å². The molecule has 0 aromatic heterocycles. The van der Waals surface area contributed by atoms with Gasteiger partial charge in [0.05, 0.1) is 0 Å². The van der Waals surface area contributed by atoms with Crippen LogP contribution in [0.15, 0.2) is 72.8 Å². The fourth-order valence-electron chi connectivity index (χ4n) is 6.37. The average Bonchev–Trinajstić information content (AvgIpc) is 3.10. The quantitative estimate of drug-likeness (QED) is 0.158. The molecule has 9 heteroatoms. The number of carbonyl (C=O) groups excluding carboxylic acids is 3. The van der Waals surface area contributed by atoms with E-state index in [1.807, 2.05) is 74.8 Å². The first-order chi connectivity index (χ1) is 23.3. The third kappa shape index (κ3) is 11.7. The summed E-state index contributed by atoms with van der Waals surface area (Å²) in [6, 6.07) is 22.8. The van der Waals surface area contributed by atoms with Gasteiger partial charge in [-0.25, -0.2) is 9.59 Å². The lowest BCUT2D eigenvalue weighted by Gasteiger charge is -2.30. The Bertz CT molecular complexity index is 1450. The topological polar surface area (TPSA) is 114 Å². The minimum atomic E-state index is -0.763. The van der Waals surface area contributed by atoms with E-state index < -0.39 is 24.1 Å². The first kappa shape index (κ1) is 36.5. The van der Waals surface area contributed by atoms with Crippen molar-refractivity contribution in [2.75, 3.05) is 33.7 Å². The van der Waals surface area contributed by atoms with Crippen molar-refractivity contribution in [1.29, 1.82) is 0 Å². The van der Waals surface area contributed by atoms with Gasteiger partial charge in [-0.2, -0.15) is 0 Å². The SMILES string of the molecule is CN(C)CCCN(C(=O)OCc1ccccc1)[C@@H](CCc1ccc(CCCCNC(=O)OCc2ccccc2)c2c1CCCC2)C(N)=O. The second-order valence-electron chi connectivity index (χ2n) is 12.8. The minimum Gasteiger partial charge on any atom is -0.445 e. The predicted molar refractivity (Wildman–Crippen MR) is 188 cm³/mol. The number of amides is 3. The van der Waals surface area contributed by atoms with Gasteiger partial charge in [-0.1, -0.05) is 72.8 Å². The van der Waals surface area contributed by atoms with Gasteiger partial charge in [0.25, 0.3) is 0 Å². The zero-order chi connectivity index (χ0) is 34.1. The molecule has 0 unspecified atom stereocenters. The molecule has 1 atom stereocenters. The molecule has 1 aliphatic carbocycles. The Morgan fingerprint density at radius 1 is 0.750 bits per heavy atom. The Morgan fingerprint density at radius 2 is 1.33 bits per heavy atom. The van der Waals surface area contributed by atoms with Gasteiger partial charge >= 0.3 is 12.2 Å². The average molecular weight is 657 g/mol. The molecule has 0 radical (unpaired) electrons. The van der Waals surface area contributed by atoms with E-state index >= 15 is 0 Å². The Labute approximate surface area is 285 Å². The summed E-state index contributed by atoms with van der Waals surface area (Å²) in [6.07, 6.45) is 8.01. The number of fused-ring (bicyclic) bond motifs is 1. The molecule has 3 aromatic rings. The Balaban J connectivity index is 1.33. The number of rotatable bonds is 18. The highest BCUT2D eigenvalue weighted by molar-refractivity contribution is 5.84. The summed E-state index contributed by atoms with van der Waals surface area (Å²) in [7, 11) is 3.97. The third-order valence-corrected chi connectivity index (χ3v) is 8.92. The summed E-state index contributed by atoms with van der Waals surface area (Å²) in [6.45, 7) is 2.13. The molecule has 3 aromatic carbocycles. The zero-order valence-electron chi connectivity index (χ0n) is 28.6. The smallest absolute Gasteiger partial charge is 0.410 e. The van der Waals surface area contributed by atoms with Crippen molar-refractivity contribution in [2.24, 2.45) is 5.73 Å². The number of unbranched alkanes of at least 4 members (excludes halogenated alkanes) is 1. The number of primary amides is 1. The second kappa shape index (κ2) is 19.5. The van der Waals surface area contributed by atoms with Crippen LogP contribution in [0, 0.1) is 0 Å². The van der Waals surface area contributed by atoms with Crippen molar-refractivity contribution in [3.8, 4) is 0 Å². The molecule has 0 saturated heterocycles. The van der Waals surface area contributed by atoms with Gasteiger partial charge in [0.1, 0.15) is 19.3 Å². The summed E-state index contributed by atoms with van der Waals surface area (Å²) >= 11 is 0. The van der Waals surface area contributed by atoms with Crippen molar-refractivity contribution in [1.82, 2.24) is 15.1 Å². The summed E-state index contributed by atoms with van der Waals surface area (Å²) < 4.78 is 11.0. The molecule has 0 fully saturated rings. The number of hydrogen-bond acceptors (Lipinski definition) is 6. The molecule has 48 heavy (non-hydrogen) atoms. The highest BCUT2D eigenvalue weighted by Crippen LogP contribution is 2.30. The maximum atomic E-state index is 13.4. The Hall–Kier alpha value is -4.37. The second-order valence-corrected chi connectivity index (χ2v) is 12.8. The zero-order valence-corrected chi connectivity index (χ0v) is 28.6. The van der Waals surface area contributed by atoms with Gasteiger partial charge < -0.3 is 25.4 Å². The molecule has 0 spiro atoms. The lowest BCUT2D eigenvalue weighted by molar-refractivity contribution is -0.123. The van der Waals surface area contributed by atoms with E-state index in [2.05, 4.69) is 22.3 Å². The standard InChI is InChI=1S/C39H52N4O5/c1-42(2)26-13-27-43(39(46)48-29-31-16-7-4-8-17-31)36(37(40)44)24-23-33-22-21-32(34-19-9-10-20-35(33)34)18-11-12-25-41-38(45)47-28-30-14-5-3-6-15-30/h3-8,14-17,21-22,36H,9-13,18-20,23-29H2,1-2H3,(H2,40,44)(H,41,45)/t36-/m0/s1. The molecular formula is C39H52N4O5. The number of aryl methyl sites for hydroxylation is 2. The monoisotopic (exact) mass is 656 g/mol. The summed E-state index contributed by atoms with van der Waals surface area (Å²) in [5.41, 5.74) is 13.2. The van der Waals surface area contributed by atoms with E-state index in [1.165, 1.54) is 27.2 Å². The Kier molecular flexibility index (Phi) is 14.8. The molecule has 3 amide bonds. The van der Waals surface area contributed by atoms with E-state index in [0.29, 0.717) is 32.4 Å². The number of alkyl carbamates (subject to hydrolysis) is 1. The van der Waals surface area contributed by atoms with Crippen molar-refractivity contribution in [3.63, 3.8) is 0 Å². The van der Waals surface area contributed by atoms with Crippen LogP contribution in [0.5, 0.6) is 0 Å². The van der Waals surface area contributed by atoms with Gasteiger partial charge in [-0.3, -0.25) is 9.69 Å². The van der Waals surface area contributed by atoms with E-state index in [-0.39, 0.29) is 13.2 Å². The molecule has 4 rings (SSSR count). The summed E-state index contributed by atoms with van der Waals surface area (Å²) in [5, 5.41) is 2.86.